The Morgan fingerprint density at radius 1 is 1.31 bits per heavy atom. The van der Waals surface area contributed by atoms with E-state index in [0.29, 0.717) is 12.3 Å². The lowest BCUT2D eigenvalue weighted by atomic mass is 10.1. The summed E-state index contributed by atoms with van der Waals surface area (Å²) in [7, 11) is 0. The third-order valence-corrected chi connectivity index (χ3v) is 2.97. The minimum atomic E-state index is 0.180. The maximum Gasteiger partial charge on any atom is 0.220 e. The lowest BCUT2D eigenvalue weighted by Gasteiger charge is -2.09. The van der Waals surface area contributed by atoms with Crippen molar-refractivity contribution in [1.82, 2.24) is 5.32 Å². The second kappa shape index (κ2) is 8.53. The Kier molecular flexibility index (Phi) is 7.17. The lowest BCUT2D eigenvalue weighted by Crippen LogP contribution is -2.29. The first-order valence-electron chi connectivity index (χ1n) is 6.37. The molecule has 1 unspecified atom stereocenters. The molecule has 0 radical (unpaired) electrons. The van der Waals surface area contributed by atoms with Gasteiger partial charge in [0.2, 0.25) is 5.91 Å². The highest BCUT2D eigenvalue weighted by molar-refractivity contribution is 5.75. The summed E-state index contributed by atoms with van der Waals surface area (Å²) in [5.41, 5.74) is 5.40. The molecule has 1 aliphatic heterocycles. The van der Waals surface area contributed by atoms with Gasteiger partial charge in [-0.3, -0.25) is 4.79 Å². The number of nitrogens with two attached hydrogens (primary N) is 1. The number of rotatable bonds is 8. The van der Waals surface area contributed by atoms with Crippen LogP contribution in [0.1, 0.15) is 38.5 Å². The first kappa shape index (κ1) is 13.5. The van der Waals surface area contributed by atoms with Crippen LogP contribution >= 0.6 is 0 Å². The molecule has 4 heteroatoms. The summed E-state index contributed by atoms with van der Waals surface area (Å²) < 4.78 is 5.25. The van der Waals surface area contributed by atoms with Gasteiger partial charge in [0.15, 0.2) is 0 Å². The largest absolute Gasteiger partial charge is 0.381 e. The summed E-state index contributed by atoms with van der Waals surface area (Å²) in [5.74, 6) is 0.709. The molecule has 1 amide bonds. The molecule has 1 saturated heterocycles. The zero-order valence-corrected chi connectivity index (χ0v) is 10.0. The number of carbonyl (C=O) groups excluding carboxylic acids is 1. The Labute approximate surface area is 97.9 Å². The zero-order chi connectivity index (χ0) is 11.6. The molecule has 0 aromatic rings. The van der Waals surface area contributed by atoms with Crippen LogP contribution in [0.2, 0.25) is 0 Å². The van der Waals surface area contributed by atoms with Crippen molar-refractivity contribution >= 4 is 5.91 Å². The van der Waals surface area contributed by atoms with E-state index in [1.165, 1.54) is 0 Å². The van der Waals surface area contributed by atoms with Crippen LogP contribution in [0.4, 0.5) is 0 Å². The molecule has 0 aromatic heterocycles. The SMILES string of the molecule is NCCCCCCC(=O)NCC1CCOC1. The second-order valence-electron chi connectivity index (χ2n) is 4.49. The predicted octanol–water partition coefficient (Wildman–Crippen LogP) is 1.05. The molecule has 1 heterocycles. The molecule has 0 aliphatic carbocycles. The summed E-state index contributed by atoms with van der Waals surface area (Å²) >= 11 is 0. The number of unbranched alkanes of at least 4 members (excludes halogenated alkanes) is 3. The van der Waals surface area contributed by atoms with E-state index in [1.54, 1.807) is 0 Å². The molecule has 1 atom stereocenters. The molecule has 16 heavy (non-hydrogen) atoms. The van der Waals surface area contributed by atoms with E-state index in [4.69, 9.17) is 10.5 Å². The van der Waals surface area contributed by atoms with Gasteiger partial charge in [-0.15, -0.1) is 0 Å². The van der Waals surface area contributed by atoms with Crippen molar-refractivity contribution < 1.29 is 9.53 Å². The van der Waals surface area contributed by atoms with Gasteiger partial charge in [0.1, 0.15) is 0 Å². The van der Waals surface area contributed by atoms with E-state index in [9.17, 15) is 4.79 Å². The van der Waals surface area contributed by atoms with Gasteiger partial charge in [0.05, 0.1) is 6.61 Å². The number of hydrogen-bond acceptors (Lipinski definition) is 3. The molecular weight excluding hydrogens is 204 g/mol. The Hall–Kier alpha value is -0.610. The van der Waals surface area contributed by atoms with Crippen molar-refractivity contribution in [3.8, 4) is 0 Å². The van der Waals surface area contributed by atoms with E-state index in [0.717, 1.165) is 58.4 Å². The molecule has 4 nitrogen and oxygen atoms in total. The average Bonchev–Trinajstić information content (AvgIpc) is 2.79. The van der Waals surface area contributed by atoms with Gasteiger partial charge in [0, 0.05) is 25.5 Å². The third kappa shape index (κ3) is 6.08. The minimum Gasteiger partial charge on any atom is -0.381 e. The monoisotopic (exact) mass is 228 g/mol. The highest BCUT2D eigenvalue weighted by atomic mass is 16.5. The fourth-order valence-electron chi connectivity index (χ4n) is 1.87. The van der Waals surface area contributed by atoms with Crippen LogP contribution in [0.5, 0.6) is 0 Å². The summed E-state index contributed by atoms with van der Waals surface area (Å²) in [4.78, 5) is 11.5. The van der Waals surface area contributed by atoms with Gasteiger partial charge >= 0.3 is 0 Å². The van der Waals surface area contributed by atoms with Crippen molar-refractivity contribution in [1.29, 1.82) is 0 Å². The minimum absolute atomic E-state index is 0.180. The summed E-state index contributed by atoms with van der Waals surface area (Å²) in [6, 6.07) is 0. The van der Waals surface area contributed by atoms with Crippen LogP contribution in [0, 0.1) is 5.92 Å². The Morgan fingerprint density at radius 3 is 2.81 bits per heavy atom. The number of carbonyl (C=O) groups is 1. The standard InChI is InChI=1S/C12H24N2O2/c13-7-4-2-1-3-5-12(15)14-9-11-6-8-16-10-11/h11H,1-10,13H2,(H,14,15). The number of amides is 1. The summed E-state index contributed by atoms with van der Waals surface area (Å²) in [5, 5.41) is 2.97. The van der Waals surface area contributed by atoms with Crippen LogP contribution in [0.15, 0.2) is 0 Å². The van der Waals surface area contributed by atoms with Crippen LogP contribution in [-0.4, -0.2) is 32.2 Å². The normalized spacial score (nSPS) is 19.9. The molecule has 3 N–H and O–H groups in total. The third-order valence-electron chi connectivity index (χ3n) is 2.97. The zero-order valence-electron chi connectivity index (χ0n) is 10.0. The fourth-order valence-corrected chi connectivity index (χ4v) is 1.87. The highest BCUT2D eigenvalue weighted by Gasteiger charge is 2.15. The van der Waals surface area contributed by atoms with Crippen LogP contribution in [0.25, 0.3) is 0 Å². The second-order valence-corrected chi connectivity index (χ2v) is 4.49. The van der Waals surface area contributed by atoms with Crippen LogP contribution in [0.3, 0.4) is 0 Å². The maximum atomic E-state index is 11.5. The first-order valence-corrected chi connectivity index (χ1v) is 6.37. The summed E-state index contributed by atoms with van der Waals surface area (Å²) in [6.07, 6.45) is 6.03. The molecule has 1 fully saturated rings. The van der Waals surface area contributed by atoms with E-state index in [-0.39, 0.29) is 5.91 Å². The van der Waals surface area contributed by atoms with Gasteiger partial charge in [-0.2, -0.15) is 0 Å². The van der Waals surface area contributed by atoms with E-state index in [1.807, 2.05) is 0 Å². The summed E-state index contributed by atoms with van der Waals surface area (Å²) in [6.45, 7) is 3.19. The Bertz CT molecular complexity index is 191. The molecule has 0 bridgehead atoms. The maximum absolute atomic E-state index is 11.5. The molecule has 94 valence electrons. The van der Waals surface area contributed by atoms with Gasteiger partial charge in [-0.1, -0.05) is 12.8 Å². The molecule has 0 saturated carbocycles. The van der Waals surface area contributed by atoms with Crippen molar-refractivity contribution in [2.24, 2.45) is 11.7 Å². The van der Waals surface area contributed by atoms with Crippen LogP contribution < -0.4 is 11.1 Å². The molecule has 0 spiro atoms. The number of hydrogen-bond donors (Lipinski definition) is 2. The van der Waals surface area contributed by atoms with Crippen molar-refractivity contribution in [2.45, 2.75) is 38.5 Å². The van der Waals surface area contributed by atoms with Gasteiger partial charge in [-0.05, 0) is 25.8 Å². The van der Waals surface area contributed by atoms with E-state index in [2.05, 4.69) is 5.32 Å². The van der Waals surface area contributed by atoms with Crippen LogP contribution in [-0.2, 0) is 9.53 Å². The molecular formula is C12H24N2O2. The smallest absolute Gasteiger partial charge is 0.220 e. The van der Waals surface area contributed by atoms with Crippen molar-refractivity contribution in [3.05, 3.63) is 0 Å². The first-order chi connectivity index (χ1) is 7.83. The number of nitrogens with one attached hydrogen (secondary N) is 1. The Balaban J connectivity index is 1.90. The van der Waals surface area contributed by atoms with Crippen molar-refractivity contribution in [2.75, 3.05) is 26.3 Å². The van der Waals surface area contributed by atoms with Gasteiger partial charge in [-0.25, -0.2) is 0 Å². The molecule has 0 aromatic carbocycles. The van der Waals surface area contributed by atoms with Gasteiger partial charge < -0.3 is 15.8 Å². The van der Waals surface area contributed by atoms with Gasteiger partial charge in [0.25, 0.3) is 0 Å². The van der Waals surface area contributed by atoms with E-state index < -0.39 is 0 Å². The number of ether oxygens (including phenoxy) is 1. The van der Waals surface area contributed by atoms with Crippen molar-refractivity contribution in [3.63, 3.8) is 0 Å². The average molecular weight is 228 g/mol. The molecule has 1 aliphatic rings. The topological polar surface area (TPSA) is 64.4 Å². The highest BCUT2D eigenvalue weighted by Crippen LogP contribution is 2.10. The lowest BCUT2D eigenvalue weighted by molar-refractivity contribution is -0.121. The predicted molar refractivity (Wildman–Crippen MR) is 64.1 cm³/mol. The molecule has 1 rings (SSSR count). The fraction of sp³-hybridized carbons (Fsp3) is 0.917. The Morgan fingerprint density at radius 2 is 2.12 bits per heavy atom. The quantitative estimate of drug-likeness (QED) is 0.610. The van der Waals surface area contributed by atoms with E-state index >= 15 is 0 Å².